The molecule has 2 heteroatoms. The van der Waals surface area contributed by atoms with Crippen molar-refractivity contribution in [3.8, 4) is 0 Å². The van der Waals surface area contributed by atoms with E-state index < -0.39 is 0 Å². The molecule has 1 atom stereocenters. The minimum absolute atomic E-state index is 0.0851. The van der Waals surface area contributed by atoms with E-state index in [1.807, 2.05) is 13.8 Å². The van der Waals surface area contributed by atoms with E-state index in [0.717, 1.165) is 19.3 Å². The van der Waals surface area contributed by atoms with Crippen LogP contribution in [-0.2, 0) is 4.79 Å². The molecule has 0 aliphatic heterocycles. The molecule has 11 heavy (non-hydrogen) atoms. The van der Waals surface area contributed by atoms with E-state index in [1.165, 1.54) is 0 Å². The molecule has 0 radical (unpaired) electrons. The third-order valence-corrected chi connectivity index (χ3v) is 1.80. The number of nitrogens with two attached hydrogens (primary N) is 1. The molecule has 0 aromatic rings. The standard InChI is InChI=1S/C9H19NO/c1-4-5-6-8(10)9(11)7(2)3/h7-8H,4-6,10H2,1-3H3/t8-/m1/s1. The summed E-state index contributed by atoms with van der Waals surface area (Å²) in [5, 5.41) is 0. The van der Waals surface area contributed by atoms with Crippen molar-refractivity contribution in [1.82, 2.24) is 0 Å². The highest BCUT2D eigenvalue weighted by atomic mass is 16.1. The molecule has 0 fully saturated rings. The van der Waals surface area contributed by atoms with Crippen molar-refractivity contribution in [1.29, 1.82) is 0 Å². The van der Waals surface area contributed by atoms with Crippen LogP contribution in [0.25, 0.3) is 0 Å². The molecule has 0 spiro atoms. The molecule has 2 nitrogen and oxygen atoms in total. The quantitative estimate of drug-likeness (QED) is 0.660. The van der Waals surface area contributed by atoms with Crippen LogP contribution in [0.15, 0.2) is 0 Å². The molecule has 0 saturated heterocycles. The van der Waals surface area contributed by atoms with Crippen LogP contribution >= 0.6 is 0 Å². The first-order valence-electron chi connectivity index (χ1n) is 4.38. The molecule has 0 aromatic carbocycles. The Hall–Kier alpha value is -0.370. The second-order valence-corrected chi connectivity index (χ2v) is 3.31. The van der Waals surface area contributed by atoms with Crippen molar-refractivity contribution in [2.24, 2.45) is 11.7 Å². The fraction of sp³-hybridized carbons (Fsp3) is 0.889. The van der Waals surface area contributed by atoms with E-state index in [1.54, 1.807) is 0 Å². The van der Waals surface area contributed by atoms with Gasteiger partial charge in [0.05, 0.1) is 6.04 Å². The molecule has 0 aliphatic carbocycles. The minimum atomic E-state index is -0.227. The average Bonchev–Trinajstić information content (AvgIpc) is 1.98. The van der Waals surface area contributed by atoms with Crippen molar-refractivity contribution < 1.29 is 4.79 Å². The monoisotopic (exact) mass is 157 g/mol. The molecule has 0 amide bonds. The molecule has 2 N–H and O–H groups in total. The molecular formula is C9H19NO. The number of ketones is 1. The molecule has 0 bridgehead atoms. The van der Waals surface area contributed by atoms with Gasteiger partial charge in [0.1, 0.15) is 0 Å². The van der Waals surface area contributed by atoms with Crippen molar-refractivity contribution >= 4 is 5.78 Å². The first-order valence-corrected chi connectivity index (χ1v) is 4.38. The number of Topliss-reactive ketones (excluding diaryl/α,β-unsaturated/α-hetero) is 1. The van der Waals surface area contributed by atoms with Crippen LogP contribution in [0.1, 0.15) is 40.0 Å². The molecule has 0 rings (SSSR count). The summed E-state index contributed by atoms with van der Waals surface area (Å²) < 4.78 is 0. The zero-order chi connectivity index (χ0) is 8.85. The van der Waals surface area contributed by atoms with Crippen LogP contribution in [0, 0.1) is 5.92 Å². The highest BCUT2D eigenvalue weighted by molar-refractivity contribution is 5.85. The van der Waals surface area contributed by atoms with Gasteiger partial charge in [0.2, 0.25) is 0 Å². The van der Waals surface area contributed by atoms with Gasteiger partial charge in [-0.15, -0.1) is 0 Å². The Kier molecular flexibility index (Phi) is 5.12. The predicted molar refractivity (Wildman–Crippen MR) is 47.3 cm³/mol. The zero-order valence-corrected chi connectivity index (χ0v) is 7.76. The van der Waals surface area contributed by atoms with E-state index in [0.29, 0.717) is 0 Å². The second kappa shape index (κ2) is 5.30. The van der Waals surface area contributed by atoms with Gasteiger partial charge in [0.15, 0.2) is 5.78 Å². The van der Waals surface area contributed by atoms with E-state index in [9.17, 15) is 4.79 Å². The van der Waals surface area contributed by atoms with Crippen molar-refractivity contribution in [3.05, 3.63) is 0 Å². The molecule has 0 unspecified atom stereocenters. The van der Waals surface area contributed by atoms with Crippen LogP contribution < -0.4 is 5.73 Å². The molecule has 0 heterocycles. The van der Waals surface area contributed by atoms with Crippen molar-refractivity contribution in [2.75, 3.05) is 0 Å². The summed E-state index contributed by atoms with van der Waals surface area (Å²) in [6.45, 7) is 5.90. The minimum Gasteiger partial charge on any atom is -0.321 e. The van der Waals surface area contributed by atoms with Gasteiger partial charge in [-0.1, -0.05) is 33.6 Å². The first-order chi connectivity index (χ1) is 5.09. The summed E-state index contributed by atoms with van der Waals surface area (Å²) in [7, 11) is 0. The summed E-state index contributed by atoms with van der Waals surface area (Å²) in [6, 6.07) is -0.227. The second-order valence-electron chi connectivity index (χ2n) is 3.31. The van der Waals surface area contributed by atoms with Crippen LogP contribution in [0.4, 0.5) is 0 Å². The Bertz CT molecular complexity index is 121. The molecule has 0 saturated carbocycles. The van der Waals surface area contributed by atoms with Gasteiger partial charge >= 0.3 is 0 Å². The van der Waals surface area contributed by atoms with Crippen LogP contribution in [0.5, 0.6) is 0 Å². The average molecular weight is 157 g/mol. The summed E-state index contributed by atoms with van der Waals surface area (Å²) in [6.07, 6.45) is 3.01. The van der Waals surface area contributed by atoms with Gasteiger partial charge in [-0.25, -0.2) is 0 Å². The fourth-order valence-corrected chi connectivity index (χ4v) is 0.994. The number of rotatable bonds is 5. The fourth-order valence-electron chi connectivity index (χ4n) is 0.994. The lowest BCUT2D eigenvalue weighted by Crippen LogP contribution is -2.33. The highest BCUT2D eigenvalue weighted by Crippen LogP contribution is 2.04. The van der Waals surface area contributed by atoms with E-state index in [4.69, 9.17) is 5.73 Å². The van der Waals surface area contributed by atoms with Crippen LogP contribution in [-0.4, -0.2) is 11.8 Å². The van der Waals surface area contributed by atoms with Gasteiger partial charge in [0.25, 0.3) is 0 Å². The summed E-state index contributed by atoms with van der Waals surface area (Å²) in [4.78, 5) is 11.2. The molecule has 66 valence electrons. The Labute approximate surface area is 69.2 Å². The number of carbonyl (C=O) groups excluding carboxylic acids is 1. The smallest absolute Gasteiger partial charge is 0.152 e. The Balaban J connectivity index is 3.64. The molecule has 0 aliphatic rings. The summed E-state index contributed by atoms with van der Waals surface area (Å²) in [5.41, 5.74) is 5.65. The topological polar surface area (TPSA) is 43.1 Å². The van der Waals surface area contributed by atoms with Gasteiger partial charge in [-0.3, -0.25) is 4.79 Å². The Morgan fingerprint density at radius 1 is 1.45 bits per heavy atom. The number of hydrogen-bond donors (Lipinski definition) is 1. The number of hydrogen-bond acceptors (Lipinski definition) is 2. The summed E-state index contributed by atoms with van der Waals surface area (Å²) in [5.74, 6) is 0.278. The van der Waals surface area contributed by atoms with Gasteiger partial charge in [-0.05, 0) is 6.42 Å². The van der Waals surface area contributed by atoms with Crippen molar-refractivity contribution in [2.45, 2.75) is 46.1 Å². The number of unbranched alkanes of at least 4 members (excludes halogenated alkanes) is 1. The van der Waals surface area contributed by atoms with E-state index >= 15 is 0 Å². The van der Waals surface area contributed by atoms with E-state index in [-0.39, 0.29) is 17.7 Å². The first kappa shape index (κ1) is 10.6. The lowest BCUT2D eigenvalue weighted by molar-refractivity contribution is -0.123. The molecule has 0 aromatic heterocycles. The lowest BCUT2D eigenvalue weighted by Gasteiger charge is -2.11. The van der Waals surface area contributed by atoms with Crippen LogP contribution in [0.3, 0.4) is 0 Å². The predicted octanol–water partition coefficient (Wildman–Crippen LogP) is 1.73. The SMILES string of the molecule is CCCC[C@@H](N)C(=O)C(C)C. The summed E-state index contributed by atoms with van der Waals surface area (Å²) >= 11 is 0. The van der Waals surface area contributed by atoms with Gasteiger partial charge in [0, 0.05) is 5.92 Å². The zero-order valence-electron chi connectivity index (χ0n) is 7.76. The normalized spacial score (nSPS) is 13.5. The maximum absolute atomic E-state index is 11.2. The number of carbonyl (C=O) groups is 1. The van der Waals surface area contributed by atoms with Crippen LogP contribution in [0.2, 0.25) is 0 Å². The maximum Gasteiger partial charge on any atom is 0.152 e. The Morgan fingerprint density at radius 2 is 2.00 bits per heavy atom. The van der Waals surface area contributed by atoms with E-state index in [2.05, 4.69) is 6.92 Å². The Morgan fingerprint density at radius 3 is 2.36 bits per heavy atom. The van der Waals surface area contributed by atoms with Gasteiger partial charge in [-0.2, -0.15) is 0 Å². The maximum atomic E-state index is 11.2. The van der Waals surface area contributed by atoms with Crippen molar-refractivity contribution in [3.63, 3.8) is 0 Å². The highest BCUT2D eigenvalue weighted by Gasteiger charge is 2.15. The molecular weight excluding hydrogens is 138 g/mol. The van der Waals surface area contributed by atoms with Gasteiger partial charge < -0.3 is 5.73 Å². The lowest BCUT2D eigenvalue weighted by atomic mass is 9.98. The third kappa shape index (κ3) is 4.14. The third-order valence-electron chi connectivity index (χ3n) is 1.80. The largest absolute Gasteiger partial charge is 0.321 e.